The van der Waals surface area contributed by atoms with Crippen LogP contribution in [0.25, 0.3) is 0 Å². The van der Waals surface area contributed by atoms with Crippen LogP contribution in [0, 0.1) is 5.92 Å². The zero-order valence-corrected chi connectivity index (χ0v) is 7.76. The van der Waals surface area contributed by atoms with Crippen molar-refractivity contribution in [3.63, 3.8) is 0 Å². The van der Waals surface area contributed by atoms with E-state index >= 15 is 0 Å². The summed E-state index contributed by atoms with van der Waals surface area (Å²) in [7, 11) is -3.40. The predicted molar refractivity (Wildman–Crippen MR) is 45.6 cm³/mol. The van der Waals surface area contributed by atoms with Gasteiger partial charge in [-0.3, -0.25) is 0 Å². The Balaban J connectivity index is 2.06. The van der Waals surface area contributed by atoms with Crippen molar-refractivity contribution in [2.24, 2.45) is 11.1 Å². The van der Waals surface area contributed by atoms with Crippen LogP contribution in [0.15, 0.2) is 0 Å². The Morgan fingerprint density at radius 1 is 1.25 bits per heavy atom. The topological polar surface area (TPSA) is 63.4 Å². The van der Waals surface area contributed by atoms with Crippen molar-refractivity contribution in [1.29, 1.82) is 0 Å². The van der Waals surface area contributed by atoms with E-state index in [4.69, 9.17) is 5.14 Å². The molecule has 2 N–H and O–H groups in total. The van der Waals surface area contributed by atoms with Crippen LogP contribution in [0.1, 0.15) is 25.7 Å². The standard InChI is InChI=1S/C7H14N2O2S/c8-12(10,11)9-5-6-3-1-2-4-7(6)9/h6-7H,1-5H2,(H2,8,10,11)/t6-,7-/m1/s1. The predicted octanol–water partition coefficient (Wildman–Crippen LogP) is 0.0643. The molecule has 0 unspecified atom stereocenters. The first-order valence-corrected chi connectivity index (χ1v) is 5.89. The van der Waals surface area contributed by atoms with E-state index in [9.17, 15) is 8.42 Å². The summed E-state index contributed by atoms with van der Waals surface area (Å²) < 4.78 is 23.4. The molecule has 1 saturated carbocycles. The third kappa shape index (κ3) is 1.26. The van der Waals surface area contributed by atoms with Gasteiger partial charge in [-0.1, -0.05) is 12.8 Å². The van der Waals surface area contributed by atoms with E-state index in [1.807, 2.05) is 0 Å². The smallest absolute Gasteiger partial charge is 0.216 e. The van der Waals surface area contributed by atoms with Crippen LogP contribution in [0.4, 0.5) is 0 Å². The first-order valence-electron chi connectivity index (χ1n) is 4.38. The van der Waals surface area contributed by atoms with Gasteiger partial charge in [0.1, 0.15) is 0 Å². The lowest BCUT2D eigenvalue weighted by atomic mass is 9.79. The number of rotatable bonds is 1. The minimum absolute atomic E-state index is 0.230. The summed E-state index contributed by atoms with van der Waals surface area (Å²) >= 11 is 0. The van der Waals surface area contributed by atoms with Crippen LogP contribution in [0.5, 0.6) is 0 Å². The SMILES string of the molecule is NS(=O)(=O)N1C[C@H]2CCCC[C@H]21. The minimum atomic E-state index is -3.40. The second-order valence-corrected chi connectivity index (χ2v) is 5.23. The summed E-state index contributed by atoms with van der Waals surface area (Å²) in [4.78, 5) is 0. The molecule has 1 aliphatic heterocycles. The molecular formula is C7H14N2O2S. The van der Waals surface area contributed by atoms with Crippen LogP contribution in [-0.4, -0.2) is 25.3 Å². The highest BCUT2D eigenvalue weighted by Gasteiger charge is 2.44. The molecule has 4 nitrogen and oxygen atoms in total. The number of hydrogen-bond acceptors (Lipinski definition) is 2. The monoisotopic (exact) mass is 190 g/mol. The van der Waals surface area contributed by atoms with Gasteiger partial charge in [-0.25, -0.2) is 5.14 Å². The summed E-state index contributed by atoms with van der Waals surface area (Å²) in [5.74, 6) is 0.595. The molecule has 2 rings (SSSR count). The quantitative estimate of drug-likeness (QED) is 0.635. The highest BCUT2D eigenvalue weighted by molar-refractivity contribution is 7.86. The maximum absolute atomic E-state index is 11.0. The maximum Gasteiger partial charge on any atom is 0.277 e. The van der Waals surface area contributed by atoms with Crippen molar-refractivity contribution in [2.45, 2.75) is 31.7 Å². The fraction of sp³-hybridized carbons (Fsp3) is 1.00. The van der Waals surface area contributed by atoms with E-state index < -0.39 is 10.2 Å². The van der Waals surface area contributed by atoms with Gasteiger partial charge in [0.15, 0.2) is 0 Å². The minimum Gasteiger partial charge on any atom is -0.216 e. The zero-order chi connectivity index (χ0) is 8.77. The van der Waals surface area contributed by atoms with Crippen molar-refractivity contribution in [3.8, 4) is 0 Å². The van der Waals surface area contributed by atoms with Crippen LogP contribution >= 0.6 is 0 Å². The van der Waals surface area contributed by atoms with E-state index in [2.05, 4.69) is 0 Å². The maximum atomic E-state index is 11.0. The summed E-state index contributed by atoms with van der Waals surface area (Å²) in [6.45, 7) is 0.656. The van der Waals surface area contributed by atoms with Crippen LogP contribution < -0.4 is 5.14 Å². The Morgan fingerprint density at radius 2 is 1.92 bits per heavy atom. The van der Waals surface area contributed by atoms with Gasteiger partial charge in [-0.15, -0.1) is 0 Å². The molecule has 1 saturated heterocycles. The van der Waals surface area contributed by atoms with Gasteiger partial charge in [0.2, 0.25) is 0 Å². The summed E-state index contributed by atoms with van der Waals surface area (Å²) in [6.07, 6.45) is 4.57. The molecule has 1 heterocycles. The summed E-state index contributed by atoms with van der Waals surface area (Å²) in [6, 6.07) is 0.230. The summed E-state index contributed by atoms with van der Waals surface area (Å²) in [5.41, 5.74) is 0. The van der Waals surface area contributed by atoms with E-state index in [0.29, 0.717) is 12.5 Å². The van der Waals surface area contributed by atoms with Gasteiger partial charge in [0.05, 0.1) is 0 Å². The fourth-order valence-corrected chi connectivity index (χ4v) is 3.36. The fourth-order valence-electron chi connectivity index (χ4n) is 2.30. The highest BCUT2D eigenvalue weighted by atomic mass is 32.2. The van der Waals surface area contributed by atoms with Crippen molar-refractivity contribution >= 4 is 10.2 Å². The molecule has 2 atom stereocenters. The van der Waals surface area contributed by atoms with Gasteiger partial charge in [-0.2, -0.15) is 12.7 Å². The van der Waals surface area contributed by atoms with E-state index in [0.717, 1.165) is 12.8 Å². The Bertz CT molecular complexity index is 275. The van der Waals surface area contributed by atoms with Crippen molar-refractivity contribution < 1.29 is 8.42 Å². The number of fused-ring (bicyclic) bond motifs is 1. The first kappa shape index (κ1) is 8.47. The number of nitrogens with two attached hydrogens (primary N) is 1. The average molecular weight is 190 g/mol. The molecular weight excluding hydrogens is 176 g/mol. The Morgan fingerprint density at radius 3 is 2.50 bits per heavy atom. The molecule has 0 aromatic carbocycles. The van der Waals surface area contributed by atoms with E-state index in [1.54, 1.807) is 0 Å². The number of hydrogen-bond donors (Lipinski definition) is 1. The zero-order valence-electron chi connectivity index (χ0n) is 6.94. The first-order chi connectivity index (χ1) is 5.59. The molecule has 2 fully saturated rings. The van der Waals surface area contributed by atoms with Crippen LogP contribution in [-0.2, 0) is 10.2 Å². The van der Waals surface area contributed by atoms with Crippen LogP contribution in [0.2, 0.25) is 0 Å². The van der Waals surface area contributed by atoms with Crippen molar-refractivity contribution in [3.05, 3.63) is 0 Å². The third-order valence-electron chi connectivity index (χ3n) is 2.98. The van der Waals surface area contributed by atoms with Gasteiger partial charge in [0.25, 0.3) is 10.2 Å². The second-order valence-electron chi connectivity index (χ2n) is 3.73. The molecule has 1 aliphatic carbocycles. The third-order valence-corrected chi connectivity index (χ3v) is 4.05. The molecule has 5 heteroatoms. The van der Waals surface area contributed by atoms with Crippen LogP contribution in [0.3, 0.4) is 0 Å². The Hall–Kier alpha value is -0.130. The lowest BCUT2D eigenvalue weighted by Crippen LogP contribution is -2.61. The van der Waals surface area contributed by atoms with Crippen molar-refractivity contribution in [2.75, 3.05) is 6.54 Å². The highest BCUT2D eigenvalue weighted by Crippen LogP contribution is 2.37. The second kappa shape index (κ2) is 2.68. The Kier molecular flexibility index (Phi) is 1.89. The normalized spacial score (nSPS) is 37.1. The van der Waals surface area contributed by atoms with E-state index in [-0.39, 0.29) is 6.04 Å². The van der Waals surface area contributed by atoms with Gasteiger partial charge < -0.3 is 0 Å². The van der Waals surface area contributed by atoms with E-state index in [1.165, 1.54) is 17.1 Å². The van der Waals surface area contributed by atoms with Gasteiger partial charge in [-0.05, 0) is 18.8 Å². The molecule has 0 spiro atoms. The average Bonchev–Trinajstić information content (AvgIpc) is 1.88. The summed E-state index contributed by atoms with van der Waals surface area (Å²) in [5, 5.41) is 5.05. The molecule has 0 bridgehead atoms. The molecule has 0 amide bonds. The van der Waals surface area contributed by atoms with Crippen molar-refractivity contribution in [1.82, 2.24) is 4.31 Å². The largest absolute Gasteiger partial charge is 0.277 e. The molecule has 0 aromatic rings. The molecule has 2 aliphatic rings. The lowest BCUT2D eigenvalue weighted by Gasteiger charge is -2.48. The molecule has 70 valence electrons. The van der Waals surface area contributed by atoms with Gasteiger partial charge in [0, 0.05) is 12.6 Å². The Labute approximate surface area is 72.9 Å². The molecule has 12 heavy (non-hydrogen) atoms. The molecule has 0 radical (unpaired) electrons. The van der Waals surface area contributed by atoms with Gasteiger partial charge >= 0.3 is 0 Å². The lowest BCUT2D eigenvalue weighted by molar-refractivity contribution is 0.0602. The molecule has 0 aromatic heterocycles. The number of nitrogens with zero attached hydrogens (tertiary/aromatic N) is 1.